The number of nitrogens with two attached hydrogens (primary N) is 1. The molecule has 11 heteroatoms. The first-order chi connectivity index (χ1) is 21.5. The monoisotopic (exact) mass is 587 g/mol. The lowest BCUT2D eigenvalue weighted by Crippen LogP contribution is -2.26. The molecule has 0 aliphatic carbocycles. The predicted molar refractivity (Wildman–Crippen MR) is 169 cm³/mol. The number of rotatable bonds is 10. The highest BCUT2D eigenvalue weighted by Gasteiger charge is 2.15. The Balaban J connectivity index is 0.951. The second-order valence-corrected chi connectivity index (χ2v) is 10.1. The SMILES string of the molecule is Cn1c(COc2ccc(/C=N/N=C(\N)N/N=C/c3ccc(OCc4c[n+]5ccccc5n4C)cc3)cc2)c[n+]2ccccc12. The molecule has 0 saturated carbocycles. The van der Waals surface area contributed by atoms with E-state index in [1.807, 2.05) is 99.3 Å². The van der Waals surface area contributed by atoms with Crippen molar-refractivity contribution < 1.29 is 18.3 Å². The highest BCUT2D eigenvalue weighted by molar-refractivity contribution is 5.84. The molecule has 4 heterocycles. The molecule has 0 amide bonds. The lowest BCUT2D eigenvalue weighted by Gasteiger charge is -2.04. The third kappa shape index (κ3) is 6.57. The average Bonchev–Trinajstić information content (AvgIpc) is 3.55. The Morgan fingerprint density at radius 3 is 1.73 bits per heavy atom. The lowest BCUT2D eigenvalue weighted by atomic mass is 10.2. The van der Waals surface area contributed by atoms with Gasteiger partial charge in [-0.15, -0.1) is 5.10 Å². The third-order valence-corrected chi connectivity index (χ3v) is 7.16. The van der Waals surface area contributed by atoms with Crippen molar-refractivity contribution in [1.82, 2.24) is 14.6 Å². The van der Waals surface area contributed by atoms with Gasteiger partial charge in [0.1, 0.15) is 23.9 Å². The molecule has 11 nitrogen and oxygen atoms in total. The van der Waals surface area contributed by atoms with E-state index in [1.165, 1.54) is 0 Å². The van der Waals surface area contributed by atoms with Gasteiger partial charge in [-0.3, -0.25) is 0 Å². The van der Waals surface area contributed by atoms with Crippen LogP contribution in [0.25, 0.3) is 11.3 Å². The number of aryl methyl sites for hydroxylation is 2. The molecule has 0 fully saturated rings. The van der Waals surface area contributed by atoms with Crippen molar-refractivity contribution in [3.8, 4) is 11.5 Å². The summed E-state index contributed by atoms with van der Waals surface area (Å²) in [5.41, 5.74) is 14.6. The van der Waals surface area contributed by atoms with Crippen LogP contribution in [0.15, 0.2) is 125 Å². The van der Waals surface area contributed by atoms with E-state index in [0.29, 0.717) is 13.2 Å². The largest absolute Gasteiger partial charge is 0.485 e. The van der Waals surface area contributed by atoms with E-state index in [2.05, 4.69) is 63.2 Å². The number of guanidine groups is 1. The van der Waals surface area contributed by atoms with Crippen LogP contribution >= 0.6 is 0 Å². The molecule has 0 saturated heterocycles. The molecule has 0 spiro atoms. The smallest absolute Gasteiger partial charge is 0.286 e. The summed E-state index contributed by atoms with van der Waals surface area (Å²) in [7, 11) is 4.06. The first-order valence-electron chi connectivity index (χ1n) is 14.0. The Hall–Kier alpha value is -5.97. The summed E-state index contributed by atoms with van der Waals surface area (Å²) in [4.78, 5) is 0. The van der Waals surface area contributed by atoms with Crippen LogP contribution in [0.5, 0.6) is 11.5 Å². The molecule has 3 N–H and O–H groups in total. The van der Waals surface area contributed by atoms with Gasteiger partial charge in [0.25, 0.3) is 11.3 Å². The van der Waals surface area contributed by atoms with E-state index >= 15 is 0 Å². The molecule has 0 aliphatic heterocycles. The number of hydrazone groups is 1. The zero-order valence-corrected chi connectivity index (χ0v) is 24.5. The molecule has 0 atom stereocenters. The van der Waals surface area contributed by atoms with E-state index in [9.17, 15) is 0 Å². The summed E-state index contributed by atoms with van der Waals surface area (Å²) in [6.45, 7) is 0.922. The molecule has 6 aromatic rings. The second-order valence-electron chi connectivity index (χ2n) is 10.1. The first-order valence-corrected chi connectivity index (χ1v) is 14.0. The van der Waals surface area contributed by atoms with Crippen LogP contribution in [-0.4, -0.2) is 27.5 Å². The minimum Gasteiger partial charge on any atom is -0.485 e. The molecule has 44 heavy (non-hydrogen) atoms. The van der Waals surface area contributed by atoms with Gasteiger partial charge in [0, 0.05) is 12.1 Å². The Morgan fingerprint density at radius 1 is 0.727 bits per heavy atom. The van der Waals surface area contributed by atoms with E-state index in [0.717, 1.165) is 45.3 Å². The molecular formula is C33H33N9O2+2. The van der Waals surface area contributed by atoms with Crippen LogP contribution < -0.4 is 29.4 Å². The Bertz CT molecular complexity index is 1970. The zero-order chi connectivity index (χ0) is 30.3. The fraction of sp³-hybridized carbons (Fsp3) is 0.121. The van der Waals surface area contributed by atoms with E-state index in [-0.39, 0.29) is 5.96 Å². The van der Waals surface area contributed by atoms with Crippen molar-refractivity contribution in [1.29, 1.82) is 0 Å². The van der Waals surface area contributed by atoms with Crippen LogP contribution in [-0.2, 0) is 27.3 Å². The first kappa shape index (κ1) is 28.2. The molecular weight excluding hydrogens is 554 g/mol. The van der Waals surface area contributed by atoms with Gasteiger partial charge in [0.15, 0.2) is 24.6 Å². The highest BCUT2D eigenvalue weighted by Crippen LogP contribution is 2.15. The van der Waals surface area contributed by atoms with E-state index in [4.69, 9.17) is 15.2 Å². The van der Waals surface area contributed by atoms with Crippen molar-refractivity contribution in [2.24, 2.45) is 35.1 Å². The highest BCUT2D eigenvalue weighted by atomic mass is 16.5. The van der Waals surface area contributed by atoms with Crippen molar-refractivity contribution in [3.63, 3.8) is 0 Å². The van der Waals surface area contributed by atoms with Gasteiger partial charge >= 0.3 is 0 Å². The number of hydrogen-bond acceptors (Lipinski definition) is 5. The predicted octanol–water partition coefficient (Wildman–Crippen LogP) is 3.27. The van der Waals surface area contributed by atoms with Gasteiger partial charge in [-0.2, -0.15) is 10.2 Å². The van der Waals surface area contributed by atoms with Crippen LogP contribution in [0.1, 0.15) is 22.5 Å². The van der Waals surface area contributed by atoms with Gasteiger partial charge in [0.2, 0.25) is 5.96 Å². The minimum atomic E-state index is 0.0676. The zero-order valence-electron chi connectivity index (χ0n) is 24.5. The third-order valence-electron chi connectivity index (χ3n) is 7.16. The van der Waals surface area contributed by atoms with E-state index in [1.54, 1.807) is 12.4 Å². The quantitative estimate of drug-likeness (QED) is 0.111. The maximum absolute atomic E-state index is 5.97. The van der Waals surface area contributed by atoms with Crippen molar-refractivity contribution in [3.05, 3.63) is 132 Å². The number of aromatic nitrogens is 4. The molecule has 220 valence electrons. The summed E-state index contributed by atoms with van der Waals surface area (Å²) in [6.07, 6.45) is 11.4. The molecule has 6 rings (SSSR count). The van der Waals surface area contributed by atoms with Crippen molar-refractivity contribution >= 4 is 29.7 Å². The number of nitrogens with one attached hydrogen (secondary N) is 1. The van der Waals surface area contributed by atoms with Crippen LogP contribution in [0.2, 0.25) is 0 Å². The topological polar surface area (TPSA) is 112 Å². The van der Waals surface area contributed by atoms with Gasteiger partial charge in [-0.05, 0) is 71.8 Å². The molecule has 4 aromatic heterocycles. The van der Waals surface area contributed by atoms with E-state index < -0.39 is 0 Å². The normalized spacial score (nSPS) is 12.1. The summed E-state index contributed by atoms with van der Waals surface area (Å²) in [6, 6.07) is 27.4. The average molecular weight is 588 g/mol. The Morgan fingerprint density at radius 2 is 1.23 bits per heavy atom. The molecule has 0 unspecified atom stereocenters. The standard InChI is InChI=1S/C33H33N9O2/c1-39-27(21-41-17-5-3-7-31(39)41)23-43-29-13-9-25(10-14-29)19-35-37-33(34)38-36-20-26-11-15-30(16-12-26)44-24-28-22-42-18-6-4-8-32(42)40(28)2/h3-22H,23-24H2,1-2H3,(H3,34,37,38)/q+2/b35-19+,36-20+. The number of hydrogen-bond donors (Lipinski definition) is 2. The summed E-state index contributed by atoms with van der Waals surface area (Å²) >= 11 is 0. The number of pyridine rings is 2. The molecule has 0 radical (unpaired) electrons. The summed E-state index contributed by atoms with van der Waals surface area (Å²) in [5, 5.41) is 12.1. The Kier molecular flexibility index (Phi) is 8.26. The number of benzene rings is 2. The minimum absolute atomic E-state index is 0.0676. The fourth-order valence-corrected chi connectivity index (χ4v) is 4.71. The number of imidazole rings is 2. The van der Waals surface area contributed by atoms with Crippen LogP contribution in [0.3, 0.4) is 0 Å². The maximum Gasteiger partial charge on any atom is 0.286 e. The van der Waals surface area contributed by atoms with Crippen molar-refractivity contribution in [2.45, 2.75) is 13.2 Å². The molecule has 0 aliphatic rings. The number of fused-ring (bicyclic) bond motifs is 2. The number of nitrogens with zero attached hydrogens (tertiary/aromatic N) is 7. The second kappa shape index (κ2) is 12.9. The van der Waals surface area contributed by atoms with Crippen molar-refractivity contribution in [2.75, 3.05) is 0 Å². The summed E-state index contributed by atoms with van der Waals surface area (Å²) < 4.78 is 20.3. The van der Waals surface area contributed by atoms with Gasteiger partial charge in [0.05, 0.1) is 38.9 Å². The molecule has 0 bridgehead atoms. The fourth-order valence-electron chi connectivity index (χ4n) is 4.71. The lowest BCUT2D eigenvalue weighted by molar-refractivity contribution is -0.511. The van der Waals surface area contributed by atoms with Crippen LogP contribution in [0, 0.1) is 0 Å². The van der Waals surface area contributed by atoms with Gasteiger partial charge in [-0.1, -0.05) is 12.1 Å². The maximum atomic E-state index is 5.97. The van der Waals surface area contributed by atoms with Gasteiger partial charge in [-0.25, -0.2) is 23.4 Å². The van der Waals surface area contributed by atoms with Gasteiger partial charge < -0.3 is 15.2 Å². The van der Waals surface area contributed by atoms with Crippen LogP contribution in [0.4, 0.5) is 0 Å². The Labute approximate surface area is 254 Å². The molecule has 2 aromatic carbocycles. The number of ether oxygens (including phenoxy) is 2. The summed E-state index contributed by atoms with van der Waals surface area (Å²) in [5.74, 6) is 1.60.